The van der Waals surface area contributed by atoms with Gasteiger partial charge in [-0.1, -0.05) is 38.1 Å². The van der Waals surface area contributed by atoms with Gasteiger partial charge in [0.15, 0.2) is 0 Å². The van der Waals surface area contributed by atoms with Crippen molar-refractivity contribution < 1.29 is 4.79 Å². The molecule has 2 heterocycles. The van der Waals surface area contributed by atoms with Gasteiger partial charge in [-0.3, -0.25) is 9.69 Å². The molecule has 2 saturated heterocycles. The van der Waals surface area contributed by atoms with Gasteiger partial charge in [0.1, 0.15) is 0 Å². The molecule has 0 aliphatic carbocycles. The van der Waals surface area contributed by atoms with E-state index in [0.29, 0.717) is 24.8 Å². The van der Waals surface area contributed by atoms with E-state index in [1.807, 2.05) is 0 Å². The summed E-state index contributed by atoms with van der Waals surface area (Å²) < 4.78 is 0. The van der Waals surface area contributed by atoms with Gasteiger partial charge in [0, 0.05) is 26.1 Å². The Morgan fingerprint density at radius 1 is 1.17 bits per heavy atom. The van der Waals surface area contributed by atoms with Crippen molar-refractivity contribution >= 4 is 30.7 Å². The molecule has 0 aromatic heterocycles. The Kier molecular flexibility index (Phi) is 12.2. The van der Waals surface area contributed by atoms with Crippen LogP contribution in [0, 0.1) is 17.8 Å². The molecule has 3 atom stereocenters. The average Bonchev–Trinajstić information content (AvgIpc) is 2.68. The lowest BCUT2D eigenvalue weighted by Gasteiger charge is -2.30. The number of benzene rings is 1. The fraction of sp³-hybridized carbons (Fsp3) is 0.696. The second kappa shape index (κ2) is 13.5. The van der Waals surface area contributed by atoms with E-state index in [4.69, 9.17) is 0 Å². The van der Waals surface area contributed by atoms with E-state index in [2.05, 4.69) is 53.6 Å². The first-order chi connectivity index (χ1) is 13.1. The van der Waals surface area contributed by atoms with Gasteiger partial charge in [0.05, 0.1) is 0 Å². The predicted molar refractivity (Wildman–Crippen MR) is 126 cm³/mol. The van der Waals surface area contributed by atoms with Crippen LogP contribution in [-0.4, -0.2) is 37.0 Å². The SMILES string of the molecule is CC1CCCN(Cc2ccc(CNC(=O)CC(C)C3CCCNC3)cc2)C1.Cl.Cl. The highest BCUT2D eigenvalue weighted by Crippen LogP contribution is 2.22. The van der Waals surface area contributed by atoms with Crippen LogP contribution in [0.25, 0.3) is 0 Å². The number of nitrogens with zero attached hydrogens (tertiary/aromatic N) is 1. The maximum Gasteiger partial charge on any atom is 0.220 e. The Balaban J connectivity index is 0.00000210. The molecule has 3 unspecified atom stereocenters. The zero-order chi connectivity index (χ0) is 19.1. The summed E-state index contributed by atoms with van der Waals surface area (Å²) in [4.78, 5) is 14.9. The number of carbonyl (C=O) groups is 1. The minimum absolute atomic E-state index is 0. The first-order valence-electron chi connectivity index (χ1n) is 10.9. The van der Waals surface area contributed by atoms with Crippen LogP contribution >= 0.6 is 24.8 Å². The van der Waals surface area contributed by atoms with Crippen LogP contribution in [0.4, 0.5) is 0 Å². The van der Waals surface area contributed by atoms with Gasteiger partial charge >= 0.3 is 0 Å². The molecule has 6 heteroatoms. The maximum absolute atomic E-state index is 12.3. The summed E-state index contributed by atoms with van der Waals surface area (Å²) in [5, 5.41) is 6.55. The summed E-state index contributed by atoms with van der Waals surface area (Å²) in [6, 6.07) is 8.77. The predicted octanol–water partition coefficient (Wildman–Crippen LogP) is 4.40. The minimum atomic E-state index is 0. The van der Waals surface area contributed by atoms with Gasteiger partial charge in [-0.2, -0.15) is 0 Å². The Morgan fingerprint density at radius 2 is 1.90 bits per heavy atom. The molecule has 29 heavy (non-hydrogen) atoms. The quantitative estimate of drug-likeness (QED) is 0.655. The Bertz CT molecular complexity index is 590. The van der Waals surface area contributed by atoms with Crippen LogP contribution in [0.15, 0.2) is 24.3 Å². The molecule has 2 aliphatic rings. The van der Waals surface area contributed by atoms with Crippen molar-refractivity contribution in [3.8, 4) is 0 Å². The molecule has 3 rings (SSSR count). The molecule has 0 radical (unpaired) electrons. The van der Waals surface area contributed by atoms with Crippen molar-refractivity contribution in [2.75, 3.05) is 26.2 Å². The molecule has 2 fully saturated rings. The third-order valence-corrected chi connectivity index (χ3v) is 6.31. The fourth-order valence-corrected chi connectivity index (χ4v) is 4.55. The maximum atomic E-state index is 12.3. The lowest BCUT2D eigenvalue weighted by molar-refractivity contribution is -0.122. The van der Waals surface area contributed by atoms with E-state index in [1.165, 1.54) is 49.9 Å². The second-order valence-corrected chi connectivity index (χ2v) is 8.86. The molecule has 2 aliphatic heterocycles. The van der Waals surface area contributed by atoms with Gasteiger partial charge in [-0.15, -0.1) is 24.8 Å². The molecular formula is C23H39Cl2N3O. The van der Waals surface area contributed by atoms with Crippen LogP contribution in [0.5, 0.6) is 0 Å². The third-order valence-electron chi connectivity index (χ3n) is 6.31. The molecule has 1 aromatic carbocycles. The monoisotopic (exact) mass is 443 g/mol. The Morgan fingerprint density at radius 3 is 2.55 bits per heavy atom. The number of amides is 1. The molecule has 166 valence electrons. The Hall–Kier alpha value is -0.810. The molecule has 0 spiro atoms. The summed E-state index contributed by atoms with van der Waals surface area (Å²) in [6.45, 7) is 10.9. The number of hydrogen-bond acceptors (Lipinski definition) is 3. The highest BCUT2D eigenvalue weighted by Gasteiger charge is 2.22. The van der Waals surface area contributed by atoms with Crippen LogP contribution in [0.2, 0.25) is 0 Å². The van der Waals surface area contributed by atoms with Crippen molar-refractivity contribution in [1.29, 1.82) is 0 Å². The van der Waals surface area contributed by atoms with E-state index >= 15 is 0 Å². The van der Waals surface area contributed by atoms with Crippen molar-refractivity contribution in [2.24, 2.45) is 17.8 Å². The molecule has 4 nitrogen and oxygen atoms in total. The number of halogens is 2. The van der Waals surface area contributed by atoms with Crippen LogP contribution in [0.3, 0.4) is 0 Å². The van der Waals surface area contributed by atoms with E-state index in [1.54, 1.807) is 0 Å². The van der Waals surface area contributed by atoms with Crippen molar-refractivity contribution in [3.05, 3.63) is 35.4 Å². The standard InChI is InChI=1S/C23H37N3O.2ClH/c1-18-5-4-12-26(16-18)17-21-9-7-20(8-10-21)14-25-23(27)13-19(2)22-6-3-11-24-15-22;;/h7-10,18-19,22,24H,3-6,11-17H2,1-2H3,(H,25,27);2*1H. The third kappa shape index (κ3) is 8.84. The number of carbonyl (C=O) groups excluding carboxylic acids is 1. The first-order valence-corrected chi connectivity index (χ1v) is 10.9. The van der Waals surface area contributed by atoms with Gasteiger partial charge in [-0.05, 0) is 74.2 Å². The highest BCUT2D eigenvalue weighted by molar-refractivity contribution is 5.85. The topological polar surface area (TPSA) is 44.4 Å². The summed E-state index contributed by atoms with van der Waals surface area (Å²) >= 11 is 0. The van der Waals surface area contributed by atoms with Crippen LogP contribution < -0.4 is 10.6 Å². The molecule has 2 N–H and O–H groups in total. The fourth-order valence-electron chi connectivity index (χ4n) is 4.55. The van der Waals surface area contributed by atoms with Crippen molar-refractivity contribution in [1.82, 2.24) is 15.5 Å². The summed E-state index contributed by atoms with van der Waals surface area (Å²) in [7, 11) is 0. The van der Waals surface area contributed by atoms with Crippen LogP contribution in [0.1, 0.15) is 57.1 Å². The molecule has 1 aromatic rings. The summed E-state index contributed by atoms with van der Waals surface area (Å²) in [6.07, 6.45) is 5.81. The summed E-state index contributed by atoms with van der Waals surface area (Å²) in [5.74, 6) is 2.09. The van der Waals surface area contributed by atoms with E-state index < -0.39 is 0 Å². The van der Waals surface area contributed by atoms with Gasteiger partial charge < -0.3 is 10.6 Å². The normalized spacial score (nSPS) is 23.4. The Labute approximate surface area is 189 Å². The number of likely N-dealkylation sites (tertiary alicyclic amines) is 1. The lowest BCUT2D eigenvalue weighted by atomic mass is 9.85. The van der Waals surface area contributed by atoms with Crippen molar-refractivity contribution in [3.63, 3.8) is 0 Å². The van der Waals surface area contributed by atoms with Gasteiger partial charge in [0.2, 0.25) is 5.91 Å². The molecular weight excluding hydrogens is 405 g/mol. The van der Waals surface area contributed by atoms with Crippen molar-refractivity contribution in [2.45, 2.75) is 59.0 Å². The van der Waals surface area contributed by atoms with E-state index in [-0.39, 0.29) is 30.7 Å². The number of nitrogens with one attached hydrogen (secondary N) is 2. The molecule has 1 amide bonds. The number of piperidine rings is 2. The summed E-state index contributed by atoms with van der Waals surface area (Å²) in [5.41, 5.74) is 2.56. The average molecular weight is 444 g/mol. The molecule has 0 bridgehead atoms. The second-order valence-electron chi connectivity index (χ2n) is 8.86. The van der Waals surface area contributed by atoms with Gasteiger partial charge in [-0.25, -0.2) is 0 Å². The lowest BCUT2D eigenvalue weighted by Crippen LogP contribution is -2.35. The smallest absolute Gasteiger partial charge is 0.220 e. The largest absolute Gasteiger partial charge is 0.352 e. The zero-order valence-electron chi connectivity index (χ0n) is 18.0. The minimum Gasteiger partial charge on any atom is -0.352 e. The first kappa shape index (κ1) is 26.2. The van der Waals surface area contributed by atoms with E-state index in [9.17, 15) is 4.79 Å². The van der Waals surface area contributed by atoms with E-state index in [0.717, 1.165) is 25.6 Å². The van der Waals surface area contributed by atoms with Crippen LogP contribution in [-0.2, 0) is 17.9 Å². The van der Waals surface area contributed by atoms with Gasteiger partial charge in [0.25, 0.3) is 0 Å². The zero-order valence-corrected chi connectivity index (χ0v) is 19.6. The highest BCUT2D eigenvalue weighted by atomic mass is 35.5. The number of rotatable bonds is 7. The number of hydrogen-bond donors (Lipinski definition) is 2. The molecule has 0 saturated carbocycles.